The minimum atomic E-state index is -0.624. The van der Waals surface area contributed by atoms with Gasteiger partial charge in [-0.25, -0.2) is 0 Å². The Morgan fingerprint density at radius 1 is 0.943 bits per heavy atom. The molecule has 3 atom stereocenters. The first-order chi connectivity index (χ1) is 16.9. The second kappa shape index (κ2) is 14.8. The molecule has 0 fully saturated rings. The van der Waals surface area contributed by atoms with Gasteiger partial charge in [0.05, 0.1) is 6.04 Å². The van der Waals surface area contributed by atoms with Crippen LogP contribution in [0, 0.1) is 12.8 Å². The number of benzene rings is 2. The molecule has 0 bridgehead atoms. The van der Waals surface area contributed by atoms with E-state index < -0.39 is 6.04 Å². The Hall–Kier alpha value is -3.40. The van der Waals surface area contributed by atoms with E-state index in [1.165, 1.54) is 5.56 Å². The van der Waals surface area contributed by atoms with Crippen LogP contribution < -0.4 is 10.6 Å². The van der Waals surface area contributed by atoms with Gasteiger partial charge in [0, 0.05) is 5.92 Å². The maximum atomic E-state index is 13.3. The van der Waals surface area contributed by atoms with Crippen molar-refractivity contribution in [1.82, 2.24) is 10.6 Å². The molecule has 0 unspecified atom stereocenters. The quantitative estimate of drug-likeness (QED) is 0.283. The molecule has 2 aromatic rings. The molecule has 0 aliphatic heterocycles. The number of hydrogen-bond acceptors (Lipinski definition) is 2. The van der Waals surface area contributed by atoms with Crippen LogP contribution in [0.4, 0.5) is 0 Å². The van der Waals surface area contributed by atoms with Gasteiger partial charge in [0.25, 0.3) is 0 Å². The third kappa shape index (κ3) is 9.78. The Kier molecular flexibility index (Phi) is 11.8. The lowest BCUT2D eigenvalue weighted by Gasteiger charge is -2.23. The summed E-state index contributed by atoms with van der Waals surface area (Å²) in [6.45, 7) is 11.8. The van der Waals surface area contributed by atoms with Gasteiger partial charge in [-0.2, -0.15) is 0 Å². The number of allylic oxidation sites excluding steroid dienone is 4. The summed E-state index contributed by atoms with van der Waals surface area (Å²) in [6.07, 6.45) is 10.3. The first-order valence-corrected chi connectivity index (χ1v) is 12.5. The molecule has 2 rings (SSSR count). The molecule has 0 radical (unpaired) electrons. The van der Waals surface area contributed by atoms with Gasteiger partial charge >= 0.3 is 0 Å². The van der Waals surface area contributed by atoms with Crippen molar-refractivity contribution < 1.29 is 9.59 Å². The number of nitrogens with one attached hydrogen (secondary N) is 2. The Bertz CT molecular complexity index is 1010. The van der Waals surface area contributed by atoms with E-state index in [9.17, 15) is 9.59 Å². The summed E-state index contributed by atoms with van der Waals surface area (Å²) in [7, 11) is 0. The minimum absolute atomic E-state index is 0.115. The van der Waals surface area contributed by atoms with Crippen LogP contribution in [-0.2, 0) is 22.4 Å². The zero-order valence-electron chi connectivity index (χ0n) is 21.6. The van der Waals surface area contributed by atoms with Crippen molar-refractivity contribution in [3.05, 3.63) is 108 Å². The van der Waals surface area contributed by atoms with E-state index in [1.807, 2.05) is 69.3 Å². The van der Waals surface area contributed by atoms with E-state index in [0.29, 0.717) is 25.7 Å². The van der Waals surface area contributed by atoms with Crippen LogP contribution >= 0.6 is 0 Å². The fourth-order valence-corrected chi connectivity index (χ4v) is 3.94. The number of rotatable bonds is 13. The molecule has 0 aromatic heterocycles. The van der Waals surface area contributed by atoms with Crippen molar-refractivity contribution in [3.8, 4) is 0 Å². The second-order valence-electron chi connectivity index (χ2n) is 9.09. The lowest BCUT2D eigenvalue weighted by atomic mass is 9.98. The van der Waals surface area contributed by atoms with Gasteiger partial charge in [-0.3, -0.25) is 9.59 Å². The molecule has 35 heavy (non-hydrogen) atoms. The Labute approximate surface area is 211 Å². The van der Waals surface area contributed by atoms with Gasteiger partial charge in [0.1, 0.15) is 6.04 Å². The van der Waals surface area contributed by atoms with Crippen molar-refractivity contribution in [3.63, 3.8) is 0 Å². The normalized spacial score (nSPS) is 14.2. The standard InChI is InChI=1S/C31H40N2O2/c1-6-12-25(7-2)21-24(5)30(34)33-29(20-19-26-13-10-9-11-14-26)31(35)32-28(8-3)22-27-17-15-23(4)16-18-27/h6-18,24,28-29H,3,19-22H2,1-2,4-5H3,(H,32,35)(H,33,34)/b12-6-,25-7+/t24-,28-,29+/m1/s1. The fourth-order valence-electron chi connectivity index (χ4n) is 3.94. The van der Waals surface area contributed by atoms with Gasteiger partial charge in [-0.15, -0.1) is 6.58 Å². The number of carbonyl (C=O) groups is 2. The molecule has 2 amide bonds. The Morgan fingerprint density at radius 3 is 2.23 bits per heavy atom. The predicted molar refractivity (Wildman–Crippen MR) is 146 cm³/mol. The van der Waals surface area contributed by atoms with E-state index in [-0.39, 0.29) is 23.8 Å². The smallest absolute Gasteiger partial charge is 0.243 e. The van der Waals surface area contributed by atoms with E-state index in [0.717, 1.165) is 16.7 Å². The predicted octanol–water partition coefficient (Wildman–Crippen LogP) is 5.87. The SMILES string of the molecule is C=C[C@H](Cc1ccc(C)cc1)NC(=O)[C@H](CCc1ccccc1)NC(=O)[C@H](C)CC(/C=C\C)=C/C. The van der Waals surface area contributed by atoms with Crippen LogP contribution in [0.2, 0.25) is 0 Å². The van der Waals surface area contributed by atoms with Gasteiger partial charge in [-0.1, -0.05) is 97.0 Å². The highest BCUT2D eigenvalue weighted by Crippen LogP contribution is 2.15. The molecular weight excluding hydrogens is 432 g/mol. The van der Waals surface area contributed by atoms with Crippen LogP contribution in [0.5, 0.6) is 0 Å². The first-order valence-electron chi connectivity index (χ1n) is 12.5. The van der Waals surface area contributed by atoms with E-state index in [2.05, 4.69) is 48.4 Å². The molecule has 4 nitrogen and oxygen atoms in total. The maximum Gasteiger partial charge on any atom is 0.243 e. The minimum Gasteiger partial charge on any atom is -0.348 e. The van der Waals surface area contributed by atoms with Crippen LogP contribution in [0.3, 0.4) is 0 Å². The molecule has 2 aromatic carbocycles. The monoisotopic (exact) mass is 472 g/mol. The van der Waals surface area contributed by atoms with Crippen molar-refractivity contribution >= 4 is 11.8 Å². The molecule has 2 N–H and O–H groups in total. The molecule has 186 valence electrons. The second-order valence-corrected chi connectivity index (χ2v) is 9.09. The van der Waals surface area contributed by atoms with Gasteiger partial charge in [-0.05, 0) is 57.6 Å². The molecule has 0 aliphatic rings. The third-order valence-electron chi connectivity index (χ3n) is 6.13. The molecule has 0 saturated heterocycles. The fraction of sp³-hybridized carbons (Fsp3) is 0.355. The van der Waals surface area contributed by atoms with E-state index in [4.69, 9.17) is 0 Å². The average Bonchev–Trinajstić information content (AvgIpc) is 2.87. The number of amides is 2. The summed E-state index contributed by atoms with van der Waals surface area (Å²) in [4.78, 5) is 26.4. The summed E-state index contributed by atoms with van der Waals surface area (Å²) in [5.74, 6) is -0.541. The highest BCUT2D eigenvalue weighted by atomic mass is 16.2. The zero-order valence-corrected chi connectivity index (χ0v) is 21.6. The Balaban J connectivity index is 2.10. The van der Waals surface area contributed by atoms with Crippen molar-refractivity contribution in [1.29, 1.82) is 0 Å². The van der Waals surface area contributed by atoms with Crippen LogP contribution in [-0.4, -0.2) is 23.9 Å². The largest absolute Gasteiger partial charge is 0.348 e. The summed E-state index contributed by atoms with van der Waals surface area (Å²) in [5, 5.41) is 6.11. The Morgan fingerprint density at radius 2 is 1.63 bits per heavy atom. The molecule has 0 heterocycles. The highest BCUT2D eigenvalue weighted by molar-refractivity contribution is 5.88. The lowest BCUT2D eigenvalue weighted by molar-refractivity contribution is -0.131. The van der Waals surface area contributed by atoms with Crippen LogP contribution in [0.15, 0.2) is 91.1 Å². The van der Waals surface area contributed by atoms with Crippen molar-refractivity contribution in [2.45, 2.75) is 65.5 Å². The number of aryl methyl sites for hydroxylation is 2. The topological polar surface area (TPSA) is 58.2 Å². The molecule has 0 spiro atoms. The van der Waals surface area contributed by atoms with Gasteiger partial charge in [0.15, 0.2) is 0 Å². The molecule has 4 heteroatoms. The van der Waals surface area contributed by atoms with Crippen molar-refractivity contribution in [2.75, 3.05) is 0 Å². The van der Waals surface area contributed by atoms with Crippen LogP contribution in [0.1, 0.15) is 50.3 Å². The van der Waals surface area contributed by atoms with E-state index >= 15 is 0 Å². The zero-order chi connectivity index (χ0) is 25.6. The molecule has 0 aliphatic carbocycles. The third-order valence-corrected chi connectivity index (χ3v) is 6.13. The van der Waals surface area contributed by atoms with Crippen LogP contribution in [0.25, 0.3) is 0 Å². The first kappa shape index (κ1) is 27.8. The van der Waals surface area contributed by atoms with E-state index in [1.54, 1.807) is 6.08 Å². The van der Waals surface area contributed by atoms with Gasteiger partial charge < -0.3 is 10.6 Å². The summed E-state index contributed by atoms with van der Waals surface area (Å²) in [6, 6.07) is 17.4. The number of carbonyl (C=O) groups excluding carboxylic acids is 2. The maximum absolute atomic E-state index is 13.3. The summed E-state index contributed by atoms with van der Waals surface area (Å²) in [5.41, 5.74) is 4.56. The number of hydrogen-bond donors (Lipinski definition) is 2. The van der Waals surface area contributed by atoms with Gasteiger partial charge in [0.2, 0.25) is 11.8 Å². The average molecular weight is 473 g/mol. The summed E-state index contributed by atoms with van der Waals surface area (Å²) < 4.78 is 0. The highest BCUT2D eigenvalue weighted by Gasteiger charge is 2.25. The molecule has 0 saturated carbocycles. The lowest BCUT2D eigenvalue weighted by Crippen LogP contribution is -2.51. The molecular formula is C31H40N2O2. The summed E-state index contributed by atoms with van der Waals surface area (Å²) >= 11 is 0. The van der Waals surface area contributed by atoms with Crippen molar-refractivity contribution in [2.24, 2.45) is 5.92 Å².